The van der Waals surface area contributed by atoms with Crippen molar-refractivity contribution in [3.05, 3.63) is 65.2 Å². The van der Waals surface area contributed by atoms with E-state index in [4.69, 9.17) is 0 Å². The normalized spacial score (nSPS) is 19.0. The number of amidine groups is 1. The predicted molar refractivity (Wildman–Crippen MR) is 209 cm³/mol. The summed E-state index contributed by atoms with van der Waals surface area (Å²) in [4.78, 5) is 0. The molecule has 0 radical (unpaired) electrons. The van der Waals surface area contributed by atoms with Gasteiger partial charge in [-0.2, -0.15) is 0 Å². The molecule has 40 heavy (non-hydrogen) atoms. The van der Waals surface area contributed by atoms with Gasteiger partial charge in [-0.25, -0.2) is 4.65 Å². The molecule has 10 heteroatoms. The van der Waals surface area contributed by atoms with Crippen molar-refractivity contribution in [3.8, 4) is 0 Å². The zero-order chi connectivity index (χ0) is 30.6. The molecule has 0 bridgehead atoms. The van der Waals surface area contributed by atoms with Crippen molar-refractivity contribution in [2.45, 2.75) is 112 Å². The lowest BCUT2D eigenvalue weighted by Crippen LogP contribution is -2.89. The van der Waals surface area contributed by atoms with Gasteiger partial charge in [-0.05, 0) is 76.6 Å². The van der Waals surface area contributed by atoms with Crippen LogP contribution >= 0.6 is 65.4 Å². The number of nitrogens with zero attached hydrogens (tertiary/aromatic N) is 3. The van der Waals surface area contributed by atoms with Crippen LogP contribution in [0.3, 0.4) is 0 Å². The van der Waals surface area contributed by atoms with Gasteiger partial charge in [0.1, 0.15) is 8.24 Å². The quantitative estimate of drug-likeness (QED) is 0.162. The van der Waals surface area contributed by atoms with E-state index in [0.717, 1.165) is 0 Å². The number of anilines is 1. The van der Waals surface area contributed by atoms with Crippen molar-refractivity contribution in [1.29, 1.82) is 0 Å². The highest BCUT2D eigenvalue weighted by atomic mass is 127. The van der Waals surface area contributed by atoms with Crippen LogP contribution in [0.15, 0.2) is 48.5 Å². The summed E-state index contributed by atoms with van der Waals surface area (Å²) in [5, 5.41) is 0. The minimum absolute atomic E-state index is 0.0198. The van der Waals surface area contributed by atoms with Crippen LogP contribution in [-0.2, 0) is 0 Å². The highest BCUT2D eigenvalue weighted by Gasteiger charge is 2.74. The molecule has 0 spiro atoms. The van der Waals surface area contributed by atoms with Crippen LogP contribution in [-0.4, -0.2) is 43.4 Å². The van der Waals surface area contributed by atoms with Gasteiger partial charge < -0.3 is 4.23 Å². The van der Waals surface area contributed by atoms with E-state index in [1.54, 1.807) is 0 Å². The Hall–Kier alpha value is 0.511. The number of rotatable bonds is 8. The Morgan fingerprint density at radius 3 is 1.68 bits per heavy atom. The third kappa shape index (κ3) is 6.92. The molecule has 1 aliphatic heterocycles. The van der Waals surface area contributed by atoms with E-state index < -0.39 is 17.7 Å². The van der Waals surface area contributed by atoms with Crippen LogP contribution in [0, 0.1) is 0 Å². The third-order valence-electron chi connectivity index (χ3n) is 7.22. The molecule has 0 aromatic heterocycles. The van der Waals surface area contributed by atoms with E-state index in [9.17, 15) is 0 Å². The standard InChI is InChI=1S/C30H50I3N4Si3/c1-22(2)25-20-17-21-26(23(3)4)27(25)37(38(11,12)13)39(31,32)34-40(33)35(29(5,6)7)28(36(40)30(8,9)10)24-18-15-14-16-19-24/h14-23,34H,1-13H3/q+1. The smallest absolute Gasteiger partial charge is 0.397 e. The van der Waals surface area contributed by atoms with Crippen LogP contribution in [0.25, 0.3) is 0 Å². The average Bonchev–Trinajstić information content (AvgIpc) is 2.74. The lowest BCUT2D eigenvalue weighted by molar-refractivity contribution is -0.512. The van der Waals surface area contributed by atoms with Crippen LogP contribution < -0.4 is 8.88 Å². The van der Waals surface area contributed by atoms with E-state index in [1.807, 2.05) is 0 Å². The summed E-state index contributed by atoms with van der Waals surface area (Å²) in [6.45, 7) is 31.3. The molecule has 3 rings (SSSR count). The van der Waals surface area contributed by atoms with Gasteiger partial charge in [0.05, 0.1) is 16.6 Å². The van der Waals surface area contributed by atoms with Crippen LogP contribution in [0.2, 0.25) is 19.6 Å². The maximum atomic E-state index is 4.55. The Kier molecular flexibility index (Phi) is 10.6. The van der Waals surface area contributed by atoms with E-state index in [-0.39, 0.29) is 11.1 Å². The van der Waals surface area contributed by atoms with Gasteiger partial charge in [0.25, 0.3) is 5.84 Å². The van der Waals surface area contributed by atoms with E-state index >= 15 is 0 Å². The minimum Gasteiger partial charge on any atom is -0.397 e. The first-order valence-electron chi connectivity index (χ1n) is 14.4. The first-order chi connectivity index (χ1) is 18.0. The molecule has 1 N–H and O–H groups in total. The number of nitrogens with one attached hydrogen (secondary N) is 1. The number of benzene rings is 2. The molecule has 0 aliphatic carbocycles. The first kappa shape index (κ1) is 35.0. The van der Waals surface area contributed by atoms with E-state index in [2.05, 4.69) is 220 Å². The monoisotopic (exact) mass is 931 g/mol. The summed E-state index contributed by atoms with van der Waals surface area (Å²) in [5.74, 6) is 2.29. The van der Waals surface area contributed by atoms with Gasteiger partial charge in [-0.1, -0.05) is 127 Å². The van der Waals surface area contributed by atoms with Crippen molar-refractivity contribution in [1.82, 2.24) is 9.21 Å². The zero-order valence-electron chi connectivity index (χ0n) is 26.7. The van der Waals surface area contributed by atoms with E-state index in [1.165, 1.54) is 28.2 Å². The fraction of sp³-hybridized carbons (Fsp3) is 0.567. The number of halogens is 3. The van der Waals surface area contributed by atoms with Crippen LogP contribution in [0.4, 0.5) is 5.69 Å². The highest BCUT2D eigenvalue weighted by molar-refractivity contribution is 14.3. The second-order valence-corrected chi connectivity index (χ2v) is 44.5. The molecule has 222 valence electrons. The molecule has 0 saturated carbocycles. The molecule has 2 aromatic rings. The Bertz CT molecular complexity index is 1220. The van der Waals surface area contributed by atoms with Gasteiger partial charge >= 0.3 is 9.45 Å². The van der Waals surface area contributed by atoms with Crippen LogP contribution in [0.5, 0.6) is 0 Å². The molecular formula is C30H50I3N4Si3+. The van der Waals surface area contributed by atoms with Gasteiger partial charge in [0.2, 0.25) is 0 Å². The molecule has 1 atom stereocenters. The van der Waals surface area contributed by atoms with Crippen molar-refractivity contribution in [3.63, 3.8) is 0 Å². The summed E-state index contributed by atoms with van der Waals surface area (Å²) < 4.78 is 10.7. The number of hydrogen-bond acceptors (Lipinski definition) is 3. The lowest BCUT2D eigenvalue weighted by atomic mass is 9.93. The molecule has 0 amide bonds. The fourth-order valence-electron chi connectivity index (χ4n) is 5.83. The van der Waals surface area contributed by atoms with Gasteiger partial charge in [0, 0.05) is 27.5 Å². The molecule has 2 aromatic carbocycles. The topological polar surface area (TPSA) is 21.5 Å². The molecule has 1 heterocycles. The molecule has 0 saturated heterocycles. The summed E-state index contributed by atoms with van der Waals surface area (Å²) in [7, 11) is -1.83. The Balaban J connectivity index is 2.31. The number of hydrogen-bond donors (Lipinski definition) is 1. The summed E-state index contributed by atoms with van der Waals surface area (Å²) >= 11 is 8.61. The van der Waals surface area contributed by atoms with Gasteiger partial charge in [0.15, 0.2) is 0 Å². The van der Waals surface area contributed by atoms with Crippen molar-refractivity contribution >= 4 is 94.6 Å². The molecule has 4 nitrogen and oxygen atoms in total. The average molecular weight is 932 g/mol. The summed E-state index contributed by atoms with van der Waals surface area (Å²) in [6, 6.07) is 15.7. The lowest BCUT2D eigenvalue weighted by Gasteiger charge is -2.55. The highest BCUT2D eigenvalue weighted by Crippen LogP contribution is 2.47. The van der Waals surface area contributed by atoms with E-state index in [0.29, 0.717) is 11.8 Å². The second-order valence-electron chi connectivity index (χ2n) is 14.6. The molecular weight excluding hydrogens is 881 g/mol. The van der Waals surface area contributed by atoms with Gasteiger partial charge in [-0.15, -0.1) is 0 Å². The largest absolute Gasteiger partial charge is 0.627 e. The Labute approximate surface area is 286 Å². The van der Waals surface area contributed by atoms with Crippen molar-refractivity contribution < 1.29 is 4.24 Å². The zero-order valence-corrected chi connectivity index (χ0v) is 36.2. The van der Waals surface area contributed by atoms with Crippen molar-refractivity contribution in [2.75, 3.05) is 4.23 Å². The first-order valence-corrected chi connectivity index (χ1v) is 31.0. The predicted octanol–water partition coefficient (Wildman–Crippen LogP) is 9.71. The van der Waals surface area contributed by atoms with Crippen molar-refractivity contribution in [2.24, 2.45) is 0 Å². The Morgan fingerprint density at radius 2 is 1.30 bits per heavy atom. The van der Waals surface area contributed by atoms with Crippen LogP contribution in [0.1, 0.15) is 97.8 Å². The second kappa shape index (κ2) is 12.1. The molecule has 1 aliphatic rings. The Morgan fingerprint density at radius 1 is 0.825 bits per heavy atom. The maximum Gasteiger partial charge on any atom is 0.627 e. The maximum absolute atomic E-state index is 4.55. The third-order valence-corrected chi connectivity index (χ3v) is 33.8. The molecule has 0 fully saturated rings. The summed E-state index contributed by atoms with van der Waals surface area (Å²) in [6.07, 6.45) is 0. The number of para-hydroxylation sites is 1. The molecule has 0 unspecified atom stereocenters. The minimum atomic E-state index is -2.39. The fourth-order valence-corrected chi connectivity index (χ4v) is 56.7. The summed E-state index contributed by atoms with van der Waals surface area (Å²) in [5.41, 5.74) is 5.73. The SMILES string of the molecule is CC(C)c1cccc(C(C)C)c1N([Si](C)(C)C)[Si](I)(I)N[Si@]1(I)N(C(C)(C)C)C(c2ccccc2)=[N+]1C(C)(C)C. The van der Waals surface area contributed by atoms with Gasteiger partial charge in [-0.3, -0.25) is 8.81 Å².